The van der Waals surface area contributed by atoms with Crippen LogP contribution >= 0.6 is 0 Å². The van der Waals surface area contributed by atoms with Crippen LogP contribution in [0.4, 0.5) is 51.2 Å². The Balaban J connectivity index is 0.000000104. The summed E-state index contributed by atoms with van der Waals surface area (Å²) in [6.45, 7) is 0. The molecule has 0 radical (unpaired) electrons. The molecule has 0 amide bonds. The second-order valence-electron chi connectivity index (χ2n) is 36.3. The van der Waals surface area contributed by atoms with Crippen LogP contribution in [0.3, 0.4) is 0 Å². The molecule has 0 aliphatic rings. The Bertz CT molecular complexity index is 10300. The van der Waals surface area contributed by atoms with Crippen molar-refractivity contribution < 1.29 is 26.5 Å². The molecule has 0 unspecified atom stereocenters. The van der Waals surface area contributed by atoms with Crippen LogP contribution in [0, 0.1) is 0 Å². The minimum absolute atomic E-state index is 0.861. The average molecular weight is 1810 g/mol. The van der Waals surface area contributed by atoms with Crippen LogP contribution in [-0.2, 0) is 0 Å². The number of furan rings is 6. The minimum Gasteiger partial charge on any atom is -0.456 e. The lowest BCUT2D eigenvalue weighted by molar-refractivity contribution is 0.668. The van der Waals surface area contributed by atoms with Crippen molar-refractivity contribution in [2.45, 2.75) is 0 Å². The highest BCUT2D eigenvalue weighted by Gasteiger charge is 2.28. The van der Waals surface area contributed by atoms with E-state index in [1.807, 2.05) is 66.7 Å². The Morgan fingerprint density at radius 1 is 0.121 bits per heavy atom. The first-order chi connectivity index (χ1) is 69.9. The second-order valence-corrected chi connectivity index (χ2v) is 36.3. The Labute approximate surface area is 807 Å². The van der Waals surface area contributed by atoms with E-state index < -0.39 is 0 Å². The third-order valence-corrected chi connectivity index (χ3v) is 28.3. The second kappa shape index (κ2) is 33.0. The molecule has 0 aliphatic carbocycles. The summed E-state index contributed by atoms with van der Waals surface area (Å²) in [5.74, 6) is 0. The van der Waals surface area contributed by atoms with Gasteiger partial charge in [0, 0.05) is 131 Å². The summed E-state index contributed by atoms with van der Waals surface area (Å²) in [4.78, 5) is 7.11. The van der Waals surface area contributed by atoms with Gasteiger partial charge in [-0.25, -0.2) is 0 Å². The molecule has 0 bridgehead atoms. The quantitative estimate of drug-likeness (QED) is 0.111. The lowest BCUT2D eigenvalue weighted by Crippen LogP contribution is -2.11. The van der Waals surface area contributed by atoms with Gasteiger partial charge in [-0.3, -0.25) is 0 Å². The summed E-state index contributed by atoms with van der Waals surface area (Å²) in [5, 5.41) is 27.7. The smallest absolute Gasteiger partial charge is 0.159 e. The van der Waals surface area contributed by atoms with E-state index in [0.717, 1.165) is 205 Å². The van der Waals surface area contributed by atoms with Gasteiger partial charge >= 0.3 is 0 Å². The molecule has 9 heteroatoms. The van der Waals surface area contributed by atoms with Crippen LogP contribution in [0.2, 0.25) is 0 Å². The number of fused-ring (bicyclic) bond motifs is 30. The number of hydrogen-bond donors (Lipinski definition) is 0. The van der Waals surface area contributed by atoms with Gasteiger partial charge in [0.25, 0.3) is 0 Å². The highest BCUT2D eigenvalue weighted by molar-refractivity contribution is 6.32. The third kappa shape index (κ3) is 13.5. The largest absolute Gasteiger partial charge is 0.456 e. The van der Waals surface area contributed by atoms with Crippen molar-refractivity contribution in [1.82, 2.24) is 0 Å². The Morgan fingerprint density at radius 2 is 0.383 bits per heavy atom. The Kier molecular flexibility index (Phi) is 18.8. The van der Waals surface area contributed by atoms with Gasteiger partial charge in [0.2, 0.25) is 0 Å². The number of benzene rings is 24. The maximum atomic E-state index is 6.65. The monoisotopic (exact) mass is 1800 g/mol. The van der Waals surface area contributed by atoms with Gasteiger partial charge in [-0.1, -0.05) is 340 Å². The molecule has 9 nitrogen and oxygen atoms in total. The van der Waals surface area contributed by atoms with E-state index >= 15 is 0 Å². The lowest BCUT2D eigenvalue weighted by Gasteiger charge is -2.27. The van der Waals surface area contributed by atoms with Crippen LogP contribution < -0.4 is 14.7 Å². The minimum atomic E-state index is 0.861. The van der Waals surface area contributed by atoms with Crippen molar-refractivity contribution >= 4 is 247 Å². The standard InChI is InChI=1S/3C44H27NO2/c1-2-11-28(12-3-1)30-13-8-14-31(27-30)45(38-20-10-18-35-33-15-4-6-21-39(33)47-44(35)38)37-19-9-17-34-32(37)25-23-29-24-26-41-43(42(29)34)36-16-5-7-22-40(36)46-41;1-2-10-28(11-3-1)30-12-8-13-31(26-30)45(32-22-24-35-34-14-4-6-18-39(34)47-42(35)27-32)38-17-9-16-36-33(38)23-20-29-21-25-41-44(43(29)36)37-15-5-7-19-40(37)46-41;1-2-10-28(11-3-1)30-12-8-13-31(26-30)45(32-22-25-41-37(27-32)34-14-4-6-18-39(34)46-41)38-17-9-16-35-33(38)23-20-29-21-24-42-44(43(29)35)36-15-5-7-19-40(36)47-42/h3*1-27H. The van der Waals surface area contributed by atoms with Crippen LogP contribution in [0.1, 0.15) is 0 Å². The summed E-state index contributed by atoms with van der Waals surface area (Å²) in [5.41, 5.74) is 27.3. The van der Waals surface area contributed by atoms with E-state index in [4.69, 9.17) is 26.5 Å². The summed E-state index contributed by atoms with van der Waals surface area (Å²) in [6.07, 6.45) is 0. The molecule has 0 spiro atoms. The number of hydrogen-bond acceptors (Lipinski definition) is 9. The first-order valence-corrected chi connectivity index (χ1v) is 47.8. The van der Waals surface area contributed by atoms with E-state index in [1.165, 1.54) is 76.1 Å². The van der Waals surface area contributed by atoms with Gasteiger partial charge in [0.05, 0.1) is 22.7 Å². The normalized spacial score (nSPS) is 11.8. The highest BCUT2D eigenvalue weighted by atomic mass is 16.3. The van der Waals surface area contributed by atoms with Crippen molar-refractivity contribution in [3.05, 3.63) is 491 Å². The zero-order valence-electron chi connectivity index (χ0n) is 76.1. The van der Waals surface area contributed by atoms with Crippen molar-refractivity contribution in [2.24, 2.45) is 0 Å². The molecule has 660 valence electrons. The SMILES string of the molecule is c1ccc(-c2cccc(N(c3ccc4c(c3)oc3ccccc34)c3cccc4c3ccc3ccc5oc6ccccc6c5c34)c2)cc1.c1ccc(-c2cccc(N(c3ccc4oc5ccccc5c4c3)c3cccc4c3ccc3ccc5oc6ccccc6c5c34)c2)cc1.c1ccc(-c2cccc(N(c3cccc4c3ccc3ccc5oc6ccccc6c5c34)c3cccc4c3oc3ccccc34)c2)cc1. The molecule has 30 rings (SSSR count). The molecular weight excluding hydrogens is 1720 g/mol. The zero-order chi connectivity index (χ0) is 92.7. The summed E-state index contributed by atoms with van der Waals surface area (Å²) in [6, 6.07) is 174. The third-order valence-electron chi connectivity index (χ3n) is 28.3. The summed E-state index contributed by atoms with van der Waals surface area (Å²) < 4.78 is 38.3. The van der Waals surface area contributed by atoms with Gasteiger partial charge in [-0.05, 0) is 211 Å². The molecule has 0 saturated heterocycles. The van der Waals surface area contributed by atoms with Crippen molar-refractivity contribution in [3.63, 3.8) is 0 Å². The molecule has 0 N–H and O–H groups in total. The van der Waals surface area contributed by atoms with Crippen LogP contribution in [0.15, 0.2) is 518 Å². The van der Waals surface area contributed by atoms with Crippen molar-refractivity contribution in [1.29, 1.82) is 0 Å². The first kappa shape index (κ1) is 80.5. The number of nitrogens with zero attached hydrogens (tertiary/aromatic N) is 3. The predicted octanol–water partition coefficient (Wildman–Crippen LogP) is 38.8. The maximum absolute atomic E-state index is 6.65. The Hall–Kier alpha value is -19.0. The average Bonchev–Trinajstić information content (AvgIpc) is 1.65. The van der Waals surface area contributed by atoms with Crippen LogP contribution in [-0.4, -0.2) is 0 Å². The van der Waals surface area contributed by atoms with Gasteiger partial charge in [-0.15, -0.1) is 0 Å². The van der Waals surface area contributed by atoms with E-state index in [9.17, 15) is 0 Å². The summed E-state index contributed by atoms with van der Waals surface area (Å²) >= 11 is 0. The molecule has 6 aromatic heterocycles. The predicted molar refractivity (Wildman–Crippen MR) is 588 cm³/mol. The molecule has 0 fully saturated rings. The van der Waals surface area contributed by atoms with Gasteiger partial charge in [0.1, 0.15) is 61.4 Å². The highest BCUT2D eigenvalue weighted by Crippen LogP contribution is 2.53. The van der Waals surface area contributed by atoms with E-state index in [1.54, 1.807) is 0 Å². The number of anilines is 9. The fraction of sp³-hybridized carbons (Fsp3) is 0. The van der Waals surface area contributed by atoms with E-state index in [2.05, 4.69) is 439 Å². The van der Waals surface area contributed by atoms with Crippen molar-refractivity contribution in [3.8, 4) is 33.4 Å². The van der Waals surface area contributed by atoms with Crippen LogP contribution in [0.5, 0.6) is 0 Å². The number of para-hydroxylation sites is 7. The van der Waals surface area contributed by atoms with Crippen molar-refractivity contribution in [2.75, 3.05) is 14.7 Å². The molecule has 0 saturated carbocycles. The molecular formula is C132H81N3O6. The maximum Gasteiger partial charge on any atom is 0.159 e. The molecule has 0 aliphatic heterocycles. The fourth-order valence-corrected chi connectivity index (χ4v) is 22.0. The molecule has 24 aromatic carbocycles. The molecule has 141 heavy (non-hydrogen) atoms. The molecule has 6 heterocycles. The fourth-order valence-electron chi connectivity index (χ4n) is 22.0. The van der Waals surface area contributed by atoms with E-state index in [0.29, 0.717) is 0 Å². The van der Waals surface area contributed by atoms with E-state index in [-0.39, 0.29) is 0 Å². The van der Waals surface area contributed by atoms with Gasteiger partial charge in [-0.2, -0.15) is 0 Å². The number of rotatable bonds is 12. The van der Waals surface area contributed by atoms with Crippen LogP contribution in [0.25, 0.3) is 230 Å². The lowest BCUT2D eigenvalue weighted by atomic mass is 9.96. The summed E-state index contributed by atoms with van der Waals surface area (Å²) in [7, 11) is 0. The topological polar surface area (TPSA) is 88.6 Å². The van der Waals surface area contributed by atoms with Gasteiger partial charge in [0.15, 0.2) is 5.58 Å². The molecule has 0 atom stereocenters. The Morgan fingerprint density at radius 3 is 0.816 bits per heavy atom. The first-order valence-electron chi connectivity index (χ1n) is 47.8. The van der Waals surface area contributed by atoms with Gasteiger partial charge < -0.3 is 41.2 Å². The zero-order valence-corrected chi connectivity index (χ0v) is 76.1. The molecule has 30 aromatic rings.